The molecule has 2 saturated heterocycles. The molecule has 15 heteroatoms. The Kier molecular flexibility index (Phi) is 10.6. The van der Waals surface area contributed by atoms with Crippen molar-refractivity contribution < 1.29 is 33.4 Å². The number of hydrogen-bond donors (Lipinski definition) is 1. The largest absolute Gasteiger partial charge is 0.491 e. The first-order chi connectivity index (χ1) is 25.3. The molecule has 4 heterocycles. The molecule has 1 aromatic heterocycles. The highest BCUT2D eigenvalue weighted by atomic mass is 35.5. The maximum absolute atomic E-state index is 13.1. The summed E-state index contributed by atoms with van der Waals surface area (Å²) in [5.41, 5.74) is 3.75. The minimum atomic E-state index is -1.02. The van der Waals surface area contributed by atoms with Gasteiger partial charge in [0, 0.05) is 37.8 Å². The molecule has 1 N–H and O–H groups in total. The van der Waals surface area contributed by atoms with Crippen molar-refractivity contribution in [2.24, 2.45) is 0 Å². The van der Waals surface area contributed by atoms with Crippen molar-refractivity contribution in [3.05, 3.63) is 75.1 Å². The number of amides is 4. The van der Waals surface area contributed by atoms with Crippen LogP contribution in [0.15, 0.2) is 36.7 Å². The Balaban J connectivity index is 0.891. The molecule has 52 heavy (non-hydrogen) atoms. The zero-order valence-corrected chi connectivity index (χ0v) is 29.8. The number of rotatable bonds is 11. The number of nitrogens with zero attached hydrogens (tertiary/aromatic N) is 5. The maximum atomic E-state index is 13.1. The Morgan fingerprint density at radius 3 is 2.42 bits per heavy atom. The molecule has 2 fully saturated rings. The Morgan fingerprint density at radius 2 is 1.69 bits per heavy atom. The van der Waals surface area contributed by atoms with Crippen LogP contribution in [0.4, 0.5) is 5.95 Å². The Hall–Kier alpha value is -4.77. The van der Waals surface area contributed by atoms with Crippen LogP contribution < -0.4 is 19.7 Å². The van der Waals surface area contributed by atoms with E-state index < -0.39 is 29.7 Å². The SMILES string of the molecule is N#Cc1cc2c(c(Cl)c1OCCCl)CCCC2c1cnc(N2CCC(OCCOc3ccc4c(c3)C(=O)N(C3CCC(=O)NC3=O)C4=O)CC2)nc1. The average Bonchev–Trinajstić information content (AvgIpc) is 3.41. The van der Waals surface area contributed by atoms with E-state index in [0.717, 1.165) is 66.8 Å². The third-order valence-electron chi connectivity index (χ3n) is 10.00. The van der Waals surface area contributed by atoms with E-state index in [0.29, 0.717) is 40.5 Å². The summed E-state index contributed by atoms with van der Waals surface area (Å²) >= 11 is 12.6. The smallest absolute Gasteiger partial charge is 0.262 e. The van der Waals surface area contributed by atoms with Gasteiger partial charge in [-0.05, 0) is 79.5 Å². The molecular weight excluding hydrogens is 711 g/mol. The Labute approximate surface area is 310 Å². The molecule has 4 aliphatic rings. The van der Waals surface area contributed by atoms with Gasteiger partial charge in [0.15, 0.2) is 5.75 Å². The molecule has 0 saturated carbocycles. The molecule has 3 aliphatic heterocycles. The molecule has 7 rings (SSSR count). The lowest BCUT2D eigenvalue weighted by Crippen LogP contribution is -2.54. The second-order valence-corrected chi connectivity index (χ2v) is 13.9. The van der Waals surface area contributed by atoms with E-state index in [9.17, 15) is 24.4 Å². The molecule has 2 atom stereocenters. The van der Waals surface area contributed by atoms with E-state index in [-0.39, 0.29) is 49.2 Å². The fraction of sp³-hybridized carbons (Fsp3) is 0.432. The van der Waals surface area contributed by atoms with Crippen LogP contribution >= 0.6 is 23.2 Å². The minimum absolute atomic E-state index is 0.0261. The fourth-order valence-corrected chi connectivity index (χ4v) is 7.85. The summed E-state index contributed by atoms with van der Waals surface area (Å²) in [5, 5.41) is 12.5. The van der Waals surface area contributed by atoms with E-state index in [1.165, 1.54) is 12.1 Å². The first kappa shape index (κ1) is 35.6. The molecule has 2 aromatic carbocycles. The zero-order valence-electron chi connectivity index (χ0n) is 28.2. The molecule has 13 nitrogen and oxygen atoms in total. The maximum Gasteiger partial charge on any atom is 0.262 e. The second kappa shape index (κ2) is 15.5. The Bertz CT molecular complexity index is 1940. The van der Waals surface area contributed by atoms with Crippen molar-refractivity contribution in [1.29, 1.82) is 5.26 Å². The van der Waals surface area contributed by atoms with Crippen molar-refractivity contribution in [3.8, 4) is 17.6 Å². The van der Waals surface area contributed by atoms with E-state index in [1.54, 1.807) is 6.07 Å². The van der Waals surface area contributed by atoms with Crippen LogP contribution in [0.3, 0.4) is 0 Å². The van der Waals surface area contributed by atoms with Crippen molar-refractivity contribution >= 4 is 52.8 Å². The third-order valence-corrected chi connectivity index (χ3v) is 10.6. The van der Waals surface area contributed by atoms with Gasteiger partial charge in [-0.1, -0.05) is 11.6 Å². The normalized spacial score (nSPS) is 20.3. The van der Waals surface area contributed by atoms with Crippen LogP contribution in [0.1, 0.15) is 87.4 Å². The quantitative estimate of drug-likeness (QED) is 0.166. The lowest BCUT2D eigenvalue weighted by molar-refractivity contribution is -0.136. The molecular formula is C37H36Cl2N6O7. The number of ether oxygens (including phenoxy) is 3. The van der Waals surface area contributed by atoms with Gasteiger partial charge < -0.3 is 19.1 Å². The topological polar surface area (TPSA) is 164 Å². The minimum Gasteiger partial charge on any atom is -0.491 e. The molecule has 0 spiro atoms. The molecule has 1 aliphatic carbocycles. The van der Waals surface area contributed by atoms with Gasteiger partial charge in [0.25, 0.3) is 11.8 Å². The summed E-state index contributed by atoms with van der Waals surface area (Å²) in [5.74, 6) is -0.418. The van der Waals surface area contributed by atoms with Gasteiger partial charge in [0.1, 0.15) is 31.1 Å². The van der Waals surface area contributed by atoms with Crippen molar-refractivity contribution in [2.75, 3.05) is 43.7 Å². The van der Waals surface area contributed by atoms with Crippen molar-refractivity contribution in [2.45, 2.75) is 63.0 Å². The number of benzene rings is 2. The van der Waals surface area contributed by atoms with Crippen LogP contribution in [0.25, 0.3) is 0 Å². The van der Waals surface area contributed by atoms with Gasteiger partial charge in [0.05, 0.1) is 40.3 Å². The monoisotopic (exact) mass is 746 g/mol. The van der Waals surface area contributed by atoms with Crippen LogP contribution in [0.2, 0.25) is 5.02 Å². The molecule has 4 amide bonds. The first-order valence-electron chi connectivity index (χ1n) is 17.4. The summed E-state index contributed by atoms with van der Waals surface area (Å²) in [6.07, 6.45) is 8.16. The third kappa shape index (κ3) is 7.02. The summed E-state index contributed by atoms with van der Waals surface area (Å²) in [6.45, 7) is 2.31. The summed E-state index contributed by atoms with van der Waals surface area (Å²) in [7, 11) is 0. The number of aromatic nitrogens is 2. The summed E-state index contributed by atoms with van der Waals surface area (Å²) in [4.78, 5) is 62.3. The highest BCUT2D eigenvalue weighted by Gasteiger charge is 2.44. The standard InChI is InChI=1S/C37H36Cl2N6O7/c38-10-13-52-33-21(18-40)16-28-25(2-1-3-26(28)32(33)39)22-19-41-37(42-20-22)44-11-8-23(9-12-44)50-14-15-51-24-4-5-27-29(17-24)36(49)45(35(27)48)30-6-7-31(46)43-34(30)47/h4-5,16-17,19-20,23,25,30H,1-3,6-15H2,(H,43,46,47). The Morgan fingerprint density at radius 1 is 0.923 bits per heavy atom. The number of hydrogen-bond acceptors (Lipinski definition) is 11. The lowest BCUT2D eigenvalue weighted by Gasteiger charge is -2.32. The van der Waals surface area contributed by atoms with Gasteiger partial charge in [-0.3, -0.25) is 29.4 Å². The second-order valence-electron chi connectivity index (χ2n) is 13.1. The van der Waals surface area contributed by atoms with E-state index in [1.807, 2.05) is 18.5 Å². The van der Waals surface area contributed by atoms with Crippen LogP contribution in [0, 0.1) is 11.3 Å². The predicted octanol–water partition coefficient (Wildman–Crippen LogP) is 4.55. The van der Waals surface area contributed by atoms with Gasteiger partial charge in [-0.15, -0.1) is 11.6 Å². The molecule has 0 radical (unpaired) electrons. The van der Waals surface area contributed by atoms with Crippen molar-refractivity contribution in [3.63, 3.8) is 0 Å². The van der Waals surface area contributed by atoms with Gasteiger partial charge in [-0.25, -0.2) is 9.97 Å². The fourth-order valence-electron chi connectivity index (χ4n) is 7.42. The number of imide groups is 2. The van der Waals surface area contributed by atoms with Crippen molar-refractivity contribution in [1.82, 2.24) is 20.2 Å². The number of anilines is 1. The highest BCUT2D eigenvalue weighted by Crippen LogP contribution is 2.44. The zero-order chi connectivity index (χ0) is 36.4. The number of fused-ring (bicyclic) bond motifs is 2. The van der Waals surface area contributed by atoms with Crippen LogP contribution in [-0.2, 0) is 20.7 Å². The van der Waals surface area contributed by atoms with Gasteiger partial charge in [-0.2, -0.15) is 5.26 Å². The van der Waals surface area contributed by atoms with Crippen LogP contribution in [0.5, 0.6) is 11.5 Å². The molecule has 3 aromatic rings. The van der Waals surface area contributed by atoms with E-state index in [4.69, 9.17) is 47.4 Å². The molecule has 270 valence electrons. The van der Waals surface area contributed by atoms with Gasteiger partial charge >= 0.3 is 0 Å². The molecule has 2 unspecified atom stereocenters. The number of carbonyl (C=O) groups is 4. The highest BCUT2D eigenvalue weighted by molar-refractivity contribution is 6.33. The number of halogens is 2. The molecule has 0 bridgehead atoms. The van der Waals surface area contributed by atoms with E-state index in [2.05, 4.69) is 16.3 Å². The number of piperidine rings is 2. The predicted molar refractivity (Wildman–Crippen MR) is 189 cm³/mol. The number of nitriles is 1. The van der Waals surface area contributed by atoms with Gasteiger partial charge in [0.2, 0.25) is 17.8 Å². The van der Waals surface area contributed by atoms with Crippen LogP contribution in [-0.4, -0.2) is 89.4 Å². The lowest BCUT2D eigenvalue weighted by atomic mass is 9.79. The first-order valence-corrected chi connectivity index (χ1v) is 18.3. The number of carbonyl (C=O) groups excluding carboxylic acids is 4. The van der Waals surface area contributed by atoms with E-state index >= 15 is 0 Å². The summed E-state index contributed by atoms with van der Waals surface area (Å²) < 4.78 is 17.6. The number of alkyl halides is 1. The average molecular weight is 748 g/mol. The summed E-state index contributed by atoms with van der Waals surface area (Å²) in [6, 6.07) is 7.73. The number of nitrogens with one attached hydrogen (secondary N) is 1.